The lowest BCUT2D eigenvalue weighted by Gasteiger charge is -2.29. The molecule has 0 aliphatic rings. The quantitative estimate of drug-likeness (QED) is 0.153. The fourth-order valence-corrected chi connectivity index (χ4v) is 10.5. The lowest BCUT2D eigenvalue weighted by atomic mass is 9.95. The summed E-state index contributed by atoms with van der Waals surface area (Å²) in [6.07, 6.45) is 0. The molecule has 0 saturated carbocycles. The molecule has 0 amide bonds. The van der Waals surface area contributed by atoms with E-state index in [2.05, 4.69) is 228 Å². The van der Waals surface area contributed by atoms with E-state index in [1.807, 2.05) is 11.3 Å². The van der Waals surface area contributed by atoms with Gasteiger partial charge in [-0.2, -0.15) is 0 Å². The number of rotatable bonds is 6. The number of para-hydroxylation sites is 3. The largest absolute Gasteiger partial charge is 0.309 e. The zero-order valence-electron chi connectivity index (χ0n) is 32.1. The summed E-state index contributed by atoms with van der Waals surface area (Å²) in [4.78, 5) is 2.44. The van der Waals surface area contributed by atoms with Gasteiger partial charge in [0, 0.05) is 47.6 Å². The molecule has 0 unspecified atom stereocenters. The first-order valence-electron chi connectivity index (χ1n) is 20.2. The van der Waals surface area contributed by atoms with Gasteiger partial charge >= 0.3 is 0 Å². The normalized spacial score (nSPS) is 11.7. The third kappa shape index (κ3) is 5.40. The van der Waals surface area contributed by atoms with Gasteiger partial charge in [0.05, 0.1) is 28.1 Å². The van der Waals surface area contributed by atoms with Crippen LogP contribution in [0.1, 0.15) is 0 Å². The Morgan fingerprint density at radius 1 is 0.356 bits per heavy atom. The molecule has 0 spiro atoms. The Kier molecular flexibility index (Phi) is 7.75. The molecule has 0 aliphatic heterocycles. The Labute approximate surface area is 346 Å². The lowest BCUT2D eigenvalue weighted by Crippen LogP contribution is -2.11. The molecule has 10 aromatic carbocycles. The number of thiophene rings is 1. The fraction of sp³-hybridized carbons (Fsp3) is 0. The SMILES string of the molecule is c1ccc(N(c2ccccc2-c2cccc(-c3ccc4c(c3)c3ccccc3n4-c3cccc4sc5ccccc5c34)c2)c2cc3ccccc3c3ccccc23)cc1. The van der Waals surface area contributed by atoms with Crippen LogP contribution in [0.3, 0.4) is 0 Å². The van der Waals surface area contributed by atoms with E-state index in [4.69, 9.17) is 0 Å². The maximum absolute atomic E-state index is 2.47. The van der Waals surface area contributed by atoms with Gasteiger partial charge in [-0.1, -0.05) is 152 Å². The molecule has 0 saturated heterocycles. The summed E-state index contributed by atoms with van der Waals surface area (Å²) in [6.45, 7) is 0. The highest BCUT2D eigenvalue weighted by molar-refractivity contribution is 7.25. The van der Waals surface area contributed by atoms with Gasteiger partial charge in [-0.05, 0) is 99.6 Å². The Morgan fingerprint density at radius 2 is 1.00 bits per heavy atom. The summed E-state index contributed by atoms with van der Waals surface area (Å²) >= 11 is 1.87. The predicted molar refractivity (Wildman–Crippen MR) is 254 cm³/mol. The number of anilines is 3. The highest BCUT2D eigenvalue weighted by Gasteiger charge is 2.21. The van der Waals surface area contributed by atoms with E-state index in [-0.39, 0.29) is 0 Å². The average Bonchev–Trinajstić information content (AvgIpc) is 3.85. The van der Waals surface area contributed by atoms with Crippen molar-refractivity contribution < 1.29 is 0 Å². The van der Waals surface area contributed by atoms with E-state index in [0.29, 0.717) is 0 Å². The van der Waals surface area contributed by atoms with Crippen molar-refractivity contribution >= 4 is 91.9 Å². The van der Waals surface area contributed by atoms with Gasteiger partial charge in [-0.3, -0.25) is 0 Å². The smallest absolute Gasteiger partial charge is 0.0555 e. The Morgan fingerprint density at radius 3 is 1.90 bits per heavy atom. The summed E-state index contributed by atoms with van der Waals surface area (Å²) < 4.78 is 5.09. The second-order valence-corrected chi connectivity index (χ2v) is 16.3. The second kappa shape index (κ2) is 13.6. The van der Waals surface area contributed by atoms with Crippen molar-refractivity contribution in [3.63, 3.8) is 0 Å². The molecule has 2 nitrogen and oxygen atoms in total. The second-order valence-electron chi connectivity index (χ2n) is 15.3. The van der Waals surface area contributed by atoms with Crippen molar-refractivity contribution in [2.24, 2.45) is 0 Å². The van der Waals surface area contributed by atoms with Crippen LogP contribution < -0.4 is 4.90 Å². The topological polar surface area (TPSA) is 8.17 Å². The Bertz CT molecular complexity index is 3580. The van der Waals surface area contributed by atoms with Crippen molar-refractivity contribution in [2.75, 3.05) is 4.90 Å². The molecule has 2 heterocycles. The van der Waals surface area contributed by atoms with Crippen LogP contribution in [0.2, 0.25) is 0 Å². The molecule has 2 aromatic heterocycles. The van der Waals surface area contributed by atoms with E-state index in [9.17, 15) is 0 Å². The van der Waals surface area contributed by atoms with Gasteiger partial charge in [-0.15, -0.1) is 11.3 Å². The Balaban J connectivity index is 1.02. The molecule has 0 atom stereocenters. The number of hydrogen-bond donors (Lipinski definition) is 0. The molecule has 276 valence electrons. The van der Waals surface area contributed by atoms with Gasteiger partial charge in [0.1, 0.15) is 0 Å². The molecule has 3 heteroatoms. The first-order chi connectivity index (χ1) is 29.3. The molecule has 0 radical (unpaired) electrons. The van der Waals surface area contributed by atoms with Crippen LogP contribution in [0.4, 0.5) is 17.1 Å². The van der Waals surface area contributed by atoms with Gasteiger partial charge in [-0.25, -0.2) is 0 Å². The van der Waals surface area contributed by atoms with Crippen LogP contribution in [-0.4, -0.2) is 4.57 Å². The molecule has 0 aliphatic carbocycles. The molecular weight excluding hydrogens is 733 g/mol. The maximum Gasteiger partial charge on any atom is 0.0555 e. The highest BCUT2D eigenvalue weighted by atomic mass is 32.1. The summed E-state index contributed by atoms with van der Waals surface area (Å²) in [5, 5.41) is 10.1. The monoisotopic (exact) mass is 768 g/mol. The highest BCUT2D eigenvalue weighted by Crippen LogP contribution is 2.46. The first kappa shape index (κ1) is 33.7. The number of nitrogens with zero attached hydrogens (tertiary/aromatic N) is 2. The van der Waals surface area contributed by atoms with E-state index >= 15 is 0 Å². The molecular formula is C56H36N2S. The van der Waals surface area contributed by atoms with Crippen LogP contribution in [0.15, 0.2) is 218 Å². The lowest BCUT2D eigenvalue weighted by molar-refractivity contribution is 1.20. The summed E-state index contributed by atoms with van der Waals surface area (Å²) in [5.41, 5.74) is 11.8. The average molecular weight is 769 g/mol. The van der Waals surface area contributed by atoms with E-state index < -0.39 is 0 Å². The molecule has 0 fully saturated rings. The number of benzene rings is 10. The van der Waals surface area contributed by atoms with Crippen molar-refractivity contribution in [3.8, 4) is 27.9 Å². The molecule has 0 bridgehead atoms. The number of aromatic nitrogens is 1. The minimum atomic E-state index is 1.12. The molecule has 12 rings (SSSR count). The summed E-state index contributed by atoms with van der Waals surface area (Å²) in [7, 11) is 0. The van der Waals surface area contributed by atoms with Crippen LogP contribution >= 0.6 is 11.3 Å². The van der Waals surface area contributed by atoms with E-state index in [1.54, 1.807) is 0 Å². The maximum atomic E-state index is 2.47. The van der Waals surface area contributed by atoms with Gasteiger partial charge in [0.25, 0.3) is 0 Å². The van der Waals surface area contributed by atoms with Crippen LogP contribution in [0.25, 0.3) is 91.5 Å². The van der Waals surface area contributed by atoms with E-state index in [0.717, 1.165) is 17.1 Å². The minimum Gasteiger partial charge on any atom is -0.309 e. The number of hydrogen-bond acceptors (Lipinski definition) is 2. The first-order valence-corrected chi connectivity index (χ1v) is 21.0. The van der Waals surface area contributed by atoms with Crippen molar-refractivity contribution in [3.05, 3.63) is 218 Å². The van der Waals surface area contributed by atoms with E-state index in [1.165, 1.54) is 91.5 Å². The third-order valence-corrected chi connectivity index (χ3v) is 13.1. The van der Waals surface area contributed by atoms with Crippen molar-refractivity contribution in [1.82, 2.24) is 4.57 Å². The van der Waals surface area contributed by atoms with Gasteiger partial charge in [0.2, 0.25) is 0 Å². The van der Waals surface area contributed by atoms with Gasteiger partial charge in [0.15, 0.2) is 0 Å². The zero-order chi connectivity index (χ0) is 38.9. The number of fused-ring (bicyclic) bond motifs is 9. The summed E-state index contributed by atoms with van der Waals surface area (Å²) in [6, 6.07) is 79.9. The van der Waals surface area contributed by atoms with Gasteiger partial charge < -0.3 is 9.47 Å². The summed E-state index contributed by atoms with van der Waals surface area (Å²) in [5.74, 6) is 0. The minimum absolute atomic E-state index is 1.12. The molecule has 0 N–H and O–H groups in total. The van der Waals surface area contributed by atoms with Crippen LogP contribution in [0, 0.1) is 0 Å². The van der Waals surface area contributed by atoms with Crippen molar-refractivity contribution in [2.45, 2.75) is 0 Å². The standard InChI is InChI=1S/C56H36N2S/c1-2-19-41(20-3-1)57(53-36-40-16-4-5-21-42(40)44-23-6-7-24-45(44)53)49-27-11-8-22-43(49)39-18-14-17-37(34-39)38-32-33-51-48(35-38)46-25-9-12-28-50(46)58(51)52-29-15-31-55-56(52)47-26-10-13-30-54(47)59-55/h1-36H. The van der Waals surface area contributed by atoms with Crippen LogP contribution in [0.5, 0.6) is 0 Å². The third-order valence-electron chi connectivity index (χ3n) is 11.9. The molecule has 12 aromatic rings. The Hall–Kier alpha value is -7.46. The van der Waals surface area contributed by atoms with Crippen LogP contribution in [-0.2, 0) is 0 Å². The fourth-order valence-electron chi connectivity index (χ4n) is 9.34. The predicted octanol–water partition coefficient (Wildman–Crippen LogP) is 16.3. The zero-order valence-corrected chi connectivity index (χ0v) is 32.9. The molecule has 59 heavy (non-hydrogen) atoms. The van der Waals surface area contributed by atoms with Crippen molar-refractivity contribution in [1.29, 1.82) is 0 Å².